The topological polar surface area (TPSA) is 138 Å². The Morgan fingerprint density at radius 2 is 2.00 bits per heavy atom. The molecule has 0 unspecified atom stereocenters. The maximum absolute atomic E-state index is 12.3. The number of nitrogens with one attached hydrogen (secondary N) is 3. The van der Waals surface area contributed by atoms with Crippen molar-refractivity contribution < 1.29 is 9.59 Å². The van der Waals surface area contributed by atoms with Crippen LogP contribution < -0.4 is 22.1 Å². The third-order valence-electron chi connectivity index (χ3n) is 4.00. The second kappa shape index (κ2) is 4.60. The molecule has 3 heterocycles. The first kappa shape index (κ1) is 13.4. The fourth-order valence-electron chi connectivity index (χ4n) is 3.04. The number of rotatable bonds is 0. The number of carbonyl (C=O) groups is 2. The SMILES string of the molecule is NC1=NC(=O)/C(=C2\CCNC(=O)c3[nH]c4ccc(N)cc4c32)N1. The molecule has 2 aliphatic heterocycles. The van der Waals surface area contributed by atoms with Gasteiger partial charge in [0.05, 0.1) is 0 Å². The summed E-state index contributed by atoms with van der Waals surface area (Å²) in [6.45, 7) is 0.416. The summed E-state index contributed by atoms with van der Waals surface area (Å²) < 4.78 is 0. The van der Waals surface area contributed by atoms with Crippen molar-refractivity contribution in [1.82, 2.24) is 15.6 Å². The molecule has 0 radical (unpaired) electrons. The lowest BCUT2D eigenvalue weighted by Crippen LogP contribution is -2.26. The fourth-order valence-corrected chi connectivity index (χ4v) is 3.04. The summed E-state index contributed by atoms with van der Waals surface area (Å²) in [4.78, 5) is 31.2. The van der Waals surface area contributed by atoms with Gasteiger partial charge in [0.1, 0.15) is 11.4 Å². The highest BCUT2D eigenvalue weighted by Gasteiger charge is 2.30. The molecule has 0 aliphatic carbocycles. The Morgan fingerprint density at radius 1 is 1.17 bits per heavy atom. The van der Waals surface area contributed by atoms with Crippen molar-refractivity contribution in [2.75, 3.05) is 12.3 Å². The first-order valence-electron chi connectivity index (χ1n) is 7.13. The molecule has 2 aliphatic rings. The van der Waals surface area contributed by atoms with Crippen molar-refractivity contribution in [3.8, 4) is 0 Å². The van der Waals surface area contributed by atoms with E-state index in [2.05, 4.69) is 20.6 Å². The fraction of sp³-hybridized carbons (Fsp3) is 0.133. The van der Waals surface area contributed by atoms with E-state index in [9.17, 15) is 9.59 Å². The van der Waals surface area contributed by atoms with Crippen LogP contribution in [0.3, 0.4) is 0 Å². The van der Waals surface area contributed by atoms with Crippen molar-refractivity contribution in [1.29, 1.82) is 0 Å². The number of benzene rings is 1. The van der Waals surface area contributed by atoms with Gasteiger partial charge in [-0.05, 0) is 30.2 Å². The predicted molar refractivity (Wildman–Crippen MR) is 86.3 cm³/mol. The number of nitrogens with two attached hydrogens (primary N) is 2. The Morgan fingerprint density at radius 3 is 2.74 bits per heavy atom. The average Bonchev–Trinajstić information content (AvgIpc) is 2.98. The molecule has 23 heavy (non-hydrogen) atoms. The number of anilines is 1. The van der Waals surface area contributed by atoms with Crippen LogP contribution in [-0.2, 0) is 4.79 Å². The molecule has 0 bridgehead atoms. The molecule has 1 aromatic carbocycles. The zero-order chi connectivity index (χ0) is 16.1. The van der Waals surface area contributed by atoms with Crippen LogP contribution in [0.2, 0.25) is 0 Å². The van der Waals surface area contributed by atoms with Gasteiger partial charge in [0.15, 0.2) is 0 Å². The number of aliphatic imine (C=N–C) groups is 1. The molecule has 0 saturated heterocycles. The van der Waals surface area contributed by atoms with Gasteiger partial charge in [-0.3, -0.25) is 9.59 Å². The van der Waals surface area contributed by atoms with Gasteiger partial charge in [-0.25, -0.2) is 0 Å². The van der Waals surface area contributed by atoms with E-state index in [1.165, 1.54) is 0 Å². The Balaban J connectivity index is 2.05. The molecule has 0 fully saturated rings. The standard InChI is InChI=1S/C15H14N6O2/c16-6-1-2-9-8(5-6)10-7(11-14(23)21-15(17)20-11)3-4-18-13(22)12(10)19-9/h1-2,5,19H,3-4,16H2,(H,18,22)(H3,17,20,21,23)/b11-7-. The molecule has 4 rings (SSSR count). The number of carbonyl (C=O) groups excluding carboxylic acids is 2. The number of aromatic amines is 1. The van der Waals surface area contributed by atoms with E-state index in [-0.39, 0.29) is 11.9 Å². The molecule has 0 saturated carbocycles. The largest absolute Gasteiger partial charge is 0.399 e. The quantitative estimate of drug-likeness (QED) is 0.345. The van der Waals surface area contributed by atoms with Crippen molar-refractivity contribution >= 4 is 39.9 Å². The van der Waals surface area contributed by atoms with Crippen LogP contribution in [0.5, 0.6) is 0 Å². The third-order valence-corrected chi connectivity index (χ3v) is 4.00. The molecule has 8 heteroatoms. The second-order valence-corrected chi connectivity index (χ2v) is 5.47. The number of hydrogen-bond acceptors (Lipinski definition) is 5. The number of H-pyrrole nitrogens is 1. The zero-order valence-corrected chi connectivity index (χ0v) is 12.1. The average molecular weight is 310 g/mol. The van der Waals surface area contributed by atoms with Gasteiger partial charge in [-0.15, -0.1) is 0 Å². The summed E-state index contributed by atoms with van der Waals surface area (Å²) >= 11 is 0. The Hall–Kier alpha value is -3.29. The number of nitrogens with zero attached hydrogens (tertiary/aromatic N) is 1. The van der Waals surface area contributed by atoms with Crippen LogP contribution in [0.15, 0.2) is 28.9 Å². The smallest absolute Gasteiger partial charge is 0.296 e. The van der Waals surface area contributed by atoms with Crippen molar-refractivity contribution in [3.63, 3.8) is 0 Å². The minimum Gasteiger partial charge on any atom is -0.399 e. The van der Waals surface area contributed by atoms with Crippen LogP contribution in [-0.4, -0.2) is 29.3 Å². The number of guanidine groups is 1. The van der Waals surface area contributed by atoms with E-state index < -0.39 is 5.91 Å². The maximum Gasteiger partial charge on any atom is 0.296 e. The zero-order valence-electron chi connectivity index (χ0n) is 12.1. The third kappa shape index (κ3) is 1.95. The van der Waals surface area contributed by atoms with E-state index >= 15 is 0 Å². The number of fused-ring (bicyclic) bond motifs is 3. The first-order valence-corrected chi connectivity index (χ1v) is 7.13. The molecule has 2 amide bonds. The van der Waals surface area contributed by atoms with Crippen LogP contribution in [0.4, 0.5) is 5.69 Å². The summed E-state index contributed by atoms with van der Waals surface area (Å²) in [5.41, 5.74) is 14.9. The van der Waals surface area contributed by atoms with Gasteiger partial charge in [0.2, 0.25) is 5.96 Å². The first-order chi connectivity index (χ1) is 11.0. The molecular formula is C15H14N6O2. The lowest BCUT2D eigenvalue weighted by atomic mass is 9.97. The monoisotopic (exact) mass is 310 g/mol. The van der Waals surface area contributed by atoms with Crippen LogP contribution >= 0.6 is 0 Å². The van der Waals surface area contributed by atoms with E-state index in [1.54, 1.807) is 12.1 Å². The number of amides is 2. The normalized spacial score (nSPS) is 20.8. The highest BCUT2D eigenvalue weighted by atomic mass is 16.2. The molecule has 0 spiro atoms. The lowest BCUT2D eigenvalue weighted by molar-refractivity contribution is -0.114. The summed E-state index contributed by atoms with van der Waals surface area (Å²) in [5, 5.41) is 6.40. The highest BCUT2D eigenvalue weighted by molar-refractivity contribution is 6.17. The second-order valence-electron chi connectivity index (χ2n) is 5.47. The van der Waals surface area contributed by atoms with Crippen LogP contribution in [0.1, 0.15) is 22.5 Å². The maximum atomic E-state index is 12.3. The van der Waals surface area contributed by atoms with Gasteiger partial charge in [-0.1, -0.05) is 0 Å². The Labute approximate surface area is 130 Å². The summed E-state index contributed by atoms with van der Waals surface area (Å²) in [6, 6.07) is 5.35. The Kier molecular flexibility index (Phi) is 2.68. The van der Waals surface area contributed by atoms with Crippen molar-refractivity contribution in [3.05, 3.63) is 35.2 Å². The van der Waals surface area contributed by atoms with E-state index in [4.69, 9.17) is 11.5 Å². The minimum atomic E-state index is -0.434. The molecule has 116 valence electrons. The summed E-state index contributed by atoms with van der Waals surface area (Å²) in [7, 11) is 0. The Bertz CT molecular complexity index is 937. The molecule has 2 aromatic rings. The van der Waals surface area contributed by atoms with Gasteiger partial charge in [0.25, 0.3) is 11.8 Å². The van der Waals surface area contributed by atoms with E-state index in [1.807, 2.05) is 6.07 Å². The number of aromatic nitrogens is 1. The summed E-state index contributed by atoms with van der Waals surface area (Å²) in [6.07, 6.45) is 0.483. The molecule has 1 aromatic heterocycles. The molecule has 0 atom stereocenters. The molecular weight excluding hydrogens is 296 g/mol. The van der Waals surface area contributed by atoms with Gasteiger partial charge < -0.3 is 27.1 Å². The minimum absolute atomic E-state index is 0.0573. The van der Waals surface area contributed by atoms with Crippen LogP contribution in [0.25, 0.3) is 16.5 Å². The van der Waals surface area contributed by atoms with Gasteiger partial charge in [-0.2, -0.15) is 4.99 Å². The summed E-state index contributed by atoms with van der Waals surface area (Å²) in [5.74, 6) is -0.595. The number of nitrogen functional groups attached to an aromatic ring is 1. The molecule has 7 N–H and O–H groups in total. The van der Waals surface area contributed by atoms with Crippen molar-refractivity contribution in [2.24, 2.45) is 10.7 Å². The lowest BCUT2D eigenvalue weighted by Gasteiger charge is -2.09. The van der Waals surface area contributed by atoms with Crippen LogP contribution in [0, 0.1) is 0 Å². The van der Waals surface area contributed by atoms with E-state index in [0.29, 0.717) is 41.2 Å². The van der Waals surface area contributed by atoms with Gasteiger partial charge >= 0.3 is 0 Å². The predicted octanol–water partition coefficient (Wildman–Crippen LogP) is 0.0392. The highest BCUT2D eigenvalue weighted by Crippen LogP contribution is 2.35. The van der Waals surface area contributed by atoms with E-state index in [0.717, 1.165) is 10.9 Å². The van der Waals surface area contributed by atoms with Crippen molar-refractivity contribution in [2.45, 2.75) is 6.42 Å². The molecule has 8 nitrogen and oxygen atoms in total. The van der Waals surface area contributed by atoms with Gasteiger partial charge in [0, 0.05) is 28.7 Å². The number of hydrogen-bond donors (Lipinski definition) is 5.